The van der Waals surface area contributed by atoms with Crippen LogP contribution in [-0.4, -0.2) is 69.2 Å². The molecule has 0 aliphatic carbocycles. The van der Waals surface area contributed by atoms with Crippen LogP contribution in [-0.2, 0) is 24.8 Å². The zero-order valence-corrected chi connectivity index (χ0v) is 20.1. The highest BCUT2D eigenvalue weighted by Crippen LogP contribution is 2.33. The molecule has 0 spiro atoms. The Bertz CT molecular complexity index is 1140. The number of nitrogens with zero attached hydrogens (tertiary/aromatic N) is 6. The second-order valence-electron chi connectivity index (χ2n) is 9.03. The van der Waals surface area contributed by atoms with Gasteiger partial charge in [0.15, 0.2) is 5.65 Å². The number of rotatable bonds is 3. The van der Waals surface area contributed by atoms with Crippen LogP contribution in [0.2, 0.25) is 0 Å². The van der Waals surface area contributed by atoms with Gasteiger partial charge < -0.3 is 19.9 Å². The van der Waals surface area contributed by atoms with Crippen molar-refractivity contribution in [3.63, 3.8) is 0 Å². The second-order valence-corrected chi connectivity index (χ2v) is 9.03. The van der Waals surface area contributed by atoms with E-state index >= 15 is 0 Å². The van der Waals surface area contributed by atoms with E-state index in [1.807, 2.05) is 11.9 Å². The number of aryl methyl sites for hydroxylation is 1. The van der Waals surface area contributed by atoms with Gasteiger partial charge in [0.25, 0.3) is 0 Å². The Kier molecular flexibility index (Phi) is 6.78. The third-order valence-electron chi connectivity index (χ3n) is 6.31. The summed E-state index contributed by atoms with van der Waals surface area (Å²) in [4.78, 5) is 23.9. The van der Waals surface area contributed by atoms with Crippen LogP contribution in [0.25, 0.3) is 11.0 Å². The molecule has 1 saturated heterocycles. The third-order valence-corrected chi connectivity index (χ3v) is 6.31. The van der Waals surface area contributed by atoms with Crippen LogP contribution in [0.15, 0.2) is 24.5 Å². The van der Waals surface area contributed by atoms with Crippen molar-refractivity contribution in [1.82, 2.24) is 29.5 Å². The maximum Gasteiger partial charge on any atom is 0.229 e. The van der Waals surface area contributed by atoms with Crippen molar-refractivity contribution in [1.29, 1.82) is 0 Å². The van der Waals surface area contributed by atoms with E-state index in [4.69, 9.17) is 4.74 Å². The SMILES string of the molecule is CC(=O)N1CCC(C)C1.COc1cc2c(cc1Nc1ncc3cnn(C)c3n1)CN(C)CC2. The molecule has 33 heavy (non-hydrogen) atoms. The van der Waals surface area contributed by atoms with Gasteiger partial charge in [0, 0.05) is 46.3 Å². The van der Waals surface area contributed by atoms with E-state index in [0.717, 1.165) is 55.1 Å². The standard InChI is InChI=1S/C17H20N6O.C7H13NO/c1-22-5-4-11-7-15(24-3)14(6-12(11)10-22)20-17-18-8-13-9-19-23(2)16(13)21-17;1-6-3-4-8(5-6)7(2)9/h6-9H,4-5,10H2,1-3H3,(H,18,20,21);6H,3-5H2,1-2H3. The number of hydrogen-bond donors (Lipinski definition) is 1. The molecule has 1 N–H and O–H groups in total. The van der Waals surface area contributed by atoms with E-state index in [1.54, 1.807) is 31.1 Å². The lowest BCUT2D eigenvalue weighted by Crippen LogP contribution is -2.26. The molecule has 0 bridgehead atoms. The number of anilines is 2. The van der Waals surface area contributed by atoms with Gasteiger partial charge in [-0.2, -0.15) is 10.1 Å². The van der Waals surface area contributed by atoms with Crippen LogP contribution >= 0.6 is 0 Å². The molecular formula is C24H33N7O2. The van der Waals surface area contributed by atoms with Gasteiger partial charge in [0.1, 0.15) is 5.75 Å². The van der Waals surface area contributed by atoms with Crippen LogP contribution in [0, 0.1) is 5.92 Å². The molecule has 1 atom stereocenters. The van der Waals surface area contributed by atoms with Crippen molar-refractivity contribution in [3.05, 3.63) is 35.7 Å². The molecule has 1 amide bonds. The van der Waals surface area contributed by atoms with E-state index in [-0.39, 0.29) is 5.91 Å². The monoisotopic (exact) mass is 451 g/mol. The summed E-state index contributed by atoms with van der Waals surface area (Å²) in [6, 6.07) is 4.26. The normalized spacial score (nSPS) is 18.0. The van der Waals surface area contributed by atoms with Gasteiger partial charge >= 0.3 is 0 Å². The first kappa shape index (κ1) is 23.0. The first-order valence-corrected chi connectivity index (χ1v) is 11.4. The number of fused-ring (bicyclic) bond motifs is 2. The van der Waals surface area contributed by atoms with Crippen molar-refractivity contribution in [3.8, 4) is 5.75 Å². The van der Waals surface area contributed by atoms with Crippen molar-refractivity contribution in [2.24, 2.45) is 13.0 Å². The molecule has 9 nitrogen and oxygen atoms in total. The summed E-state index contributed by atoms with van der Waals surface area (Å²) < 4.78 is 7.29. The number of ether oxygens (including phenoxy) is 1. The number of aromatic nitrogens is 4. The molecule has 1 aromatic carbocycles. The van der Waals surface area contributed by atoms with E-state index in [1.165, 1.54) is 17.5 Å². The minimum Gasteiger partial charge on any atom is -0.495 e. The van der Waals surface area contributed by atoms with Crippen molar-refractivity contribution in [2.75, 3.05) is 39.1 Å². The van der Waals surface area contributed by atoms with E-state index in [2.05, 4.69) is 51.4 Å². The molecule has 0 saturated carbocycles. The minimum absolute atomic E-state index is 0.222. The maximum absolute atomic E-state index is 10.7. The topological polar surface area (TPSA) is 88.4 Å². The molecule has 0 radical (unpaired) electrons. The smallest absolute Gasteiger partial charge is 0.229 e. The molecule has 2 aliphatic heterocycles. The summed E-state index contributed by atoms with van der Waals surface area (Å²) in [5.74, 6) is 2.29. The molecule has 176 valence electrons. The highest BCUT2D eigenvalue weighted by atomic mass is 16.5. The Morgan fingerprint density at radius 3 is 2.67 bits per heavy atom. The lowest BCUT2D eigenvalue weighted by molar-refractivity contribution is -0.127. The maximum atomic E-state index is 10.7. The van der Waals surface area contributed by atoms with Gasteiger partial charge in [-0.25, -0.2) is 4.98 Å². The lowest BCUT2D eigenvalue weighted by atomic mass is 9.99. The Hall–Kier alpha value is -3.20. The second kappa shape index (κ2) is 9.74. The Labute approximate surface area is 194 Å². The molecule has 5 rings (SSSR count). The first-order chi connectivity index (χ1) is 15.8. The molecule has 3 aromatic rings. The van der Waals surface area contributed by atoms with Crippen LogP contribution in [0.4, 0.5) is 11.6 Å². The largest absolute Gasteiger partial charge is 0.495 e. The first-order valence-electron chi connectivity index (χ1n) is 11.4. The Balaban J connectivity index is 0.000000243. The molecule has 1 unspecified atom stereocenters. The number of carbonyl (C=O) groups excluding carboxylic acids is 1. The van der Waals surface area contributed by atoms with Gasteiger partial charge in [0.2, 0.25) is 11.9 Å². The fourth-order valence-electron chi connectivity index (χ4n) is 4.33. The summed E-state index contributed by atoms with van der Waals surface area (Å²) in [5, 5.41) is 8.41. The lowest BCUT2D eigenvalue weighted by Gasteiger charge is -2.26. The molecule has 2 aromatic heterocycles. The number of carbonyl (C=O) groups is 1. The highest BCUT2D eigenvalue weighted by Gasteiger charge is 2.20. The molecular weight excluding hydrogens is 418 g/mol. The number of methoxy groups -OCH3 is 1. The molecule has 1 fully saturated rings. The fraction of sp³-hybridized carbons (Fsp3) is 0.500. The van der Waals surface area contributed by atoms with Crippen LogP contribution in [0.1, 0.15) is 31.4 Å². The van der Waals surface area contributed by atoms with Crippen molar-refractivity contribution >= 4 is 28.6 Å². The zero-order chi connectivity index (χ0) is 23.5. The van der Waals surface area contributed by atoms with Gasteiger partial charge in [-0.05, 0) is 49.1 Å². The Morgan fingerprint density at radius 2 is 2.00 bits per heavy atom. The summed E-state index contributed by atoms with van der Waals surface area (Å²) in [7, 11) is 5.70. The number of benzene rings is 1. The summed E-state index contributed by atoms with van der Waals surface area (Å²) in [6.07, 6.45) is 5.75. The third kappa shape index (κ3) is 5.24. The van der Waals surface area contributed by atoms with Crippen LogP contribution < -0.4 is 10.1 Å². The average molecular weight is 452 g/mol. The van der Waals surface area contributed by atoms with Gasteiger partial charge in [-0.1, -0.05) is 6.92 Å². The number of likely N-dealkylation sites (N-methyl/N-ethyl adjacent to an activating group) is 1. The predicted octanol–water partition coefficient (Wildman–Crippen LogP) is 2.98. The zero-order valence-electron chi connectivity index (χ0n) is 20.1. The van der Waals surface area contributed by atoms with Gasteiger partial charge in [-0.3, -0.25) is 9.48 Å². The fourth-order valence-corrected chi connectivity index (χ4v) is 4.33. The number of amides is 1. The van der Waals surface area contributed by atoms with Gasteiger partial charge in [-0.15, -0.1) is 0 Å². The molecule has 4 heterocycles. The quantitative estimate of drug-likeness (QED) is 0.655. The highest BCUT2D eigenvalue weighted by molar-refractivity contribution is 5.76. The van der Waals surface area contributed by atoms with Crippen LogP contribution in [0.5, 0.6) is 5.75 Å². The summed E-state index contributed by atoms with van der Waals surface area (Å²) in [5.41, 5.74) is 4.34. The number of nitrogens with one attached hydrogen (secondary N) is 1. The summed E-state index contributed by atoms with van der Waals surface area (Å²) in [6.45, 7) is 7.77. The average Bonchev–Trinajstić information content (AvgIpc) is 3.39. The van der Waals surface area contributed by atoms with Crippen molar-refractivity contribution < 1.29 is 9.53 Å². The Morgan fingerprint density at radius 1 is 1.18 bits per heavy atom. The van der Waals surface area contributed by atoms with E-state index in [9.17, 15) is 4.79 Å². The molecule has 2 aliphatic rings. The number of hydrogen-bond acceptors (Lipinski definition) is 7. The van der Waals surface area contributed by atoms with Crippen molar-refractivity contribution in [2.45, 2.75) is 33.2 Å². The van der Waals surface area contributed by atoms with E-state index < -0.39 is 0 Å². The minimum atomic E-state index is 0.222. The number of likely N-dealkylation sites (tertiary alicyclic amines) is 1. The summed E-state index contributed by atoms with van der Waals surface area (Å²) >= 11 is 0. The molecule has 9 heteroatoms. The van der Waals surface area contributed by atoms with Gasteiger partial charge in [0.05, 0.1) is 24.4 Å². The predicted molar refractivity (Wildman–Crippen MR) is 129 cm³/mol. The van der Waals surface area contributed by atoms with Crippen LogP contribution in [0.3, 0.4) is 0 Å². The van der Waals surface area contributed by atoms with E-state index in [0.29, 0.717) is 11.9 Å².